The minimum Gasteiger partial charge on any atom is -0.383 e. The Bertz CT molecular complexity index is 1490. The summed E-state index contributed by atoms with van der Waals surface area (Å²) in [5.74, 6) is 1.55. The molecule has 1 saturated heterocycles. The van der Waals surface area contributed by atoms with E-state index in [4.69, 9.17) is 10.3 Å². The quantitative estimate of drug-likeness (QED) is 0.228. The lowest BCUT2D eigenvalue weighted by Gasteiger charge is -2.33. The number of likely N-dealkylation sites (N-methyl/N-ethyl adjacent to an activating group) is 1. The van der Waals surface area contributed by atoms with Crippen molar-refractivity contribution >= 4 is 45.4 Å². The molecule has 5 N–H and O–H groups in total. The molecule has 12 nitrogen and oxygen atoms in total. The van der Waals surface area contributed by atoms with E-state index < -0.39 is 12.0 Å². The molecule has 1 aliphatic heterocycles. The Hall–Kier alpha value is -4.07. The van der Waals surface area contributed by atoms with Crippen molar-refractivity contribution in [1.82, 2.24) is 25.0 Å². The van der Waals surface area contributed by atoms with Crippen LogP contribution < -0.4 is 21.3 Å². The minimum atomic E-state index is -1.08. The summed E-state index contributed by atoms with van der Waals surface area (Å²) in [6, 6.07) is 9.35. The van der Waals surface area contributed by atoms with Crippen molar-refractivity contribution in [1.29, 1.82) is 0 Å². The number of carbonyl (C=O) groups is 1. The maximum Gasteiger partial charge on any atom is 0.272 e. The number of aryl methyl sites for hydroxylation is 1. The largest absolute Gasteiger partial charge is 0.383 e. The number of aliphatic hydroxyl groups excluding tert-OH is 1. The van der Waals surface area contributed by atoms with Crippen LogP contribution in [-0.2, 0) is 4.79 Å². The lowest BCUT2D eigenvalue weighted by Crippen LogP contribution is -2.44. The third kappa shape index (κ3) is 6.81. The summed E-state index contributed by atoms with van der Waals surface area (Å²) in [5, 5.41) is 20.9. The number of amides is 1. The first-order valence-corrected chi connectivity index (χ1v) is 14.3. The zero-order valence-corrected chi connectivity index (χ0v) is 24.4. The van der Waals surface area contributed by atoms with Crippen molar-refractivity contribution in [3.63, 3.8) is 0 Å². The van der Waals surface area contributed by atoms with Crippen LogP contribution in [0.2, 0.25) is 0 Å². The fourth-order valence-corrected chi connectivity index (χ4v) is 5.32. The normalized spacial score (nSPS) is 14.8. The maximum atomic E-state index is 12.4. The number of aromatic nitrogens is 4. The van der Waals surface area contributed by atoms with Gasteiger partial charge in [0.1, 0.15) is 22.6 Å². The number of anilines is 5. The third-order valence-electron chi connectivity index (χ3n) is 6.84. The van der Waals surface area contributed by atoms with Gasteiger partial charge < -0.3 is 35.8 Å². The summed E-state index contributed by atoms with van der Waals surface area (Å²) in [4.78, 5) is 31.1. The van der Waals surface area contributed by atoms with E-state index >= 15 is 0 Å². The molecule has 216 valence electrons. The lowest BCUT2D eigenvalue weighted by atomic mass is 10.0. The van der Waals surface area contributed by atoms with Crippen molar-refractivity contribution in [2.75, 3.05) is 54.5 Å². The SMILES string of the molecule is Cc1ccc(NC(=O)C(O)CC(C)C)cc1-c1noc(-c2sc(Nc3ccc(N4CCN(C)CC4)nc3)nc2N)n1. The smallest absolute Gasteiger partial charge is 0.272 e. The highest BCUT2D eigenvalue weighted by atomic mass is 32.1. The fraction of sp³-hybridized carbons (Fsp3) is 0.393. The van der Waals surface area contributed by atoms with Crippen molar-refractivity contribution in [3.8, 4) is 22.2 Å². The number of nitrogens with two attached hydrogens (primary N) is 1. The number of benzene rings is 1. The van der Waals surface area contributed by atoms with Gasteiger partial charge in [-0.25, -0.2) is 9.97 Å². The predicted molar refractivity (Wildman–Crippen MR) is 161 cm³/mol. The topological polar surface area (TPSA) is 159 Å². The van der Waals surface area contributed by atoms with Gasteiger partial charge in [0, 0.05) is 37.4 Å². The summed E-state index contributed by atoms with van der Waals surface area (Å²) in [5.41, 5.74) is 9.11. The van der Waals surface area contributed by atoms with Gasteiger partial charge in [0.15, 0.2) is 5.13 Å². The summed E-state index contributed by atoms with van der Waals surface area (Å²) >= 11 is 1.30. The highest BCUT2D eigenvalue weighted by molar-refractivity contribution is 7.19. The van der Waals surface area contributed by atoms with Crippen molar-refractivity contribution in [3.05, 3.63) is 42.1 Å². The van der Waals surface area contributed by atoms with Crippen LogP contribution >= 0.6 is 11.3 Å². The highest BCUT2D eigenvalue weighted by Crippen LogP contribution is 2.36. The molecule has 1 aromatic carbocycles. The van der Waals surface area contributed by atoms with Crippen molar-refractivity contribution < 1.29 is 14.4 Å². The number of nitrogens with one attached hydrogen (secondary N) is 2. The Morgan fingerprint density at radius 1 is 1.15 bits per heavy atom. The Morgan fingerprint density at radius 3 is 2.61 bits per heavy atom. The molecule has 0 saturated carbocycles. The van der Waals surface area contributed by atoms with E-state index in [9.17, 15) is 9.90 Å². The Morgan fingerprint density at radius 2 is 1.90 bits per heavy atom. The van der Waals surface area contributed by atoms with E-state index in [-0.39, 0.29) is 17.6 Å². The number of thiazole rings is 1. The first-order valence-electron chi connectivity index (χ1n) is 13.5. The van der Waals surface area contributed by atoms with E-state index in [1.54, 1.807) is 18.3 Å². The standard InChI is InChI=1S/C28H35N9O3S/c1-16(2)13-21(38)26(39)31-18-6-5-17(3)20(14-18)25-34-27(40-35-25)23-24(29)33-28(41-23)32-19-7-8-22(30-15-19)37-11-9-36(4)10-12-37/h5-8,14-16,21,38H,9-13,29H2,1-4H3,(H,31,39)(H,32,33). The second kappa shape index (κ2) is 12.2. The van der Waals surface area contributed by atoms with Crippen LogP contribution in [0.5, 0.6) is 0 Å². The zero-order valence-electron chi connectivity index (χ0n) is 23.6. The summed E-state index contributed by atoms with van der Waals surface area (Å²) in [6.45, 7) is 9.76. The van der Waals surface area contributed by atoms with Gasteiger partial charge in [-0.15, -0.1) is 0 Å². The molecular formula is C28H35N9O3S. The summed E-state index contributed by atoms with van der Waals surface area (Å²) in [6.07, 6.45) is 1.08. The average molecular weight is 578 g/mol. The molecule has 1 amide bonds. The van der Waals surface area contributed by atoms with Gasteiger partial charge in [-0.05, 0) is 56.1 Å². The van der Waals surface area contributed by atoms with Crippen LogP contribution in [0.15, 0.2) is 41.1 Å². The average Bonchev–Trinajstić information content (AvgIpc) is 3.56. The Balaban J connectivity index is 1.28. The summed E-state index contributed by atoms with van der Waals surface area (Å²) < 4.78 is 5.55. The molecule has 41 heavy (non-hydrogen) atoms. The molecule has 4 heterocycles. The van der Waals surface area contributed by atoms with Crippen LogP contribution in [0, 0.1) is 12.8 Å². The number of hydrogen-bond donors (Lipinski definition) is 4. The highest BCUT2D eigenvalue weighted by Gasteiger charge is 2.21. The first kappa shape index (κ1) is 28.5. The number of pyridine rings is 1. The third-order valence-corrected chi connectivity index (χ3v) is 7.82. The van der Waals surface area contributed by atoms with E-state index in [1.165, 1.54) is 11.3 Å². The molecule has 1 atom stereocenters. The van der Waals surface area contributed by atoms with Crippen LogP contribution in [-0.4, -0.2) is 75.4 Å². The molecule has 5 rings (SSSR count). The number of hydrogen-bond acceptors (Lipinski definition) is 12. The van der Waals surface area contributed by atoms with E-state index in [0.29, 0.717) is 33.5 Å². The van der Waals surface area contributed by atoms with E-state index in [1.807, 2.05) is 39.0 Å². The Kier molecular flexibility index (Phi) is 8.47. The molecule has 13 heteroatoms. The molecule has 3 aromatic heterocycles. The van der Waals surface area contributed by atoms with E-state index in [2.05, 4.69) is 47.6 Å². The van der Waals surface area contributed by atoms with Gasteiger partial charge in [-0.1, -0.05) is 36.4 Å². The molecule has 0 aliphatic carbocycles. The molecule has 1 fully saturated rings. The van der Waals surface area contributed by atoms with E-state index in [0.717, 1.165) is 43.2 Å². The van der Waals surface area contributed by atoms with Gasteiger partial charge in [-0.3, -0.25) is 4.79 Å². The number of aliphatic hydroxyl groups is 1. The number of nitrogen functional groups attached to an aromatic ring is 1. The van der Waals surface area contributed by atoms with Gasteiger partial charge in [0.2, 0.25) is 5.82 Å². The van der Waals surface area contributed by atoms with Gasteiger partial charge in [0.25, 0.3) is 11.8 Å². The van der Waals surface area contributed by atoms with Crippen LogP contribution in [0.25, 0.3) is 22.2 Å². The molecule has 4 aromatic rings. The monoisotopic (exact) mass is 577 g/mol. The number of rotatable bonds is 9. The van der Waals surface area contributed by atoms with Crippen LogP contribution in [0.1, 0.15) is 25.8 Å². The maximum absolute atomic E-state index is 12.4. The van der Waals surface area contributed by atoms with Gasteiger partial charge >= 0.3 is 0 Å². The van der Waals surface area contributed by atoms with Crippen molar-refractivity contribution in [2.45, 2.75) is 33.3 Å². The number of nitrogens with zero attached hydrogens (tertiary/aromatic N) is 6. The molecule has 1 unspecified atom stereocenters. The van der Waals surface area contributed by atoms with Crippen molar-refractivity contribution in [2.24, 2.45) is 5.92 Å². The Labute approximate surface area is 242 Å². The lowest BCUT2D eigenvalue weighted by molar-refractivity contribution is -0.124. The predicted octanol–water partition coefficient (Wildman–Crippen LogP) is 3.99. The molecule has 1 aliphatic rings. The van der Waals surface area contributed by atoms with Gasteiger partial charge in [0.05, 0.1) is 11.9 Å². The molecule has 0 radical (unpaired) electrons. The second-order valence-electron chi connectivity index (χ2n) is 10.6. The first-order chi connectivity index (χ1) is 19.7. The van der Waals surface area contributed by atoms with Gasteiger partial charge in [-0.2, -0.15) is 4.98 Å². The molecular weight excluding hydrogens is 542 g/mol. The number of carbonyl (C=O) groups excluding carboxylic acids is 1. The fourth-order valence-electron chi connectivity index (χ4n) is 4.49. The zero-order chi connectivity index (χ0) is 29.1. The molecule has 0 spiro atoms. The number of piperazine rings is 1. The van der Waals surface area contributed by atoms with Crippen LogP contribution in [0.3, 0.4) is 0 Å². The van der Waals surface area contributed by atoms with Crippen LogP contribution in [0.4, 0.5) is 28.1 Å². The second-order valence-corrected chi connectivity index (χ2v) is 11.6. The summed E-state index contributed by atoms with van der Waals surface area (Å²) in [7, 11) is 2.13. The molecule has 0 bridgehead atoms. The minimum absolute atomic E-state index is 0.196.